The maximum absolute atomic E-state index is 13.2. The van der Waals surface area contributed by atoms with Crippen molar-refractivity contribution in [1.29, 1.82) is 0 Å². The second kappa shape index (κ2) is 9.34. The van der Waals surface area contributed by atoms with Gasteiger partial charge in [-0.1, -0.05) is 31.1 Å². The standard InChI is InChI=1S/C29H41O4P/c1-4-32-34(31,33-5-2)24-11-8-21(9-12-24)20-29-18-14-23(30)19-22(29)10-13-25-26-7-6-16-28(26,3)17-15-27(25)29/h8-9,11-12,19,25-27H,4-7,10,13-18,20H2,1-3H3/t25-,26-,27+,28-,29+/m0/s1. The minimum atomic E-state index is -3.27. The quantitative estimate of drug-likeness (QED) is 0.390. The molecular formula is C29H41O4P. The smallest absolute Gasteiger partial charge is 0.305 e. The molecule has 0 N–H and O–H groups in total. The first-order valence-corrected chi connectivity index (χ1v) is 15.1. The molecule has 34 heavy (non-hydrogen) atoms. The van der Waals surface area contributed by atoms with E-state index in [1.54, 1.807) is 0 Å². The Morgan fingerprint density at radius 1 is 0.941 bits per heavy atom. The van der Waals surface area contributed by atoms with Crippen molar-refractivity contribution in [3.8, 4) is 0 Å². The van der Waals surface area contributed by atoms with Crippen LogP contribution in [0.2, 0.25) is 0 Å². The van der Waals surface area contributed by atoms with E-state index < -0.39 is 7.60 Å². The Hall–Kier alpha value is -1.22. The molecule has 5 heteroatoms. The van der Waals surface area contributed by atoms with Crippen LogP contribution in [-0.4, -0.2) is 19.0 Å². The van der Waals surface area contributed by atoms with Gasteiger partial charge in [-0.15, -0.1) is 0 Å². The normalized spacial score (nSPS) is 35.3. The molecule has 0 aromatic heterocycles. The summed E-state index contributed by atoms with van der Waals surface area (Å²) in [6, 6.07) is 8.11. The largest absolute Gasteiger partial charge is 0.361 e. The van der Waals surface area contributed by atoms with Gasteiger partial charge in [-0.3, -0.25) is 9.36 Å². The van der Waals surface area contributed by atoms with Crippen LogP contribution in [0.15, 0.2) is 35.9 Å². The molecular weight excluding hydrogens is 443 g/mol. The lowest BCUT2D eigenvalue weighted by Gasteiger charge is -2.58. The third kappa shape index (κ3) is 4.08. The summed E-state index contributed by atoms with van der Waals surface area (Å²) in [4.78, 5) is 12.4. The molecule has 5 rings (SSSR count). The van der Waals surface area contributed by atoms with E-state index in [9.17, 15) is 9.36 Å². The zero-order valence-electron chi connectivity index (χ0n) is 21.2. The highest BCUT2D eigenvalue weighted by atomic mass is 31.2. The molecule has 4 aliphatic rings. The molecule has 1 aromatic carbocycles. The Kier molecular flexibility index (Phi) is 6.72. The van der Waals surface area contributed by atoms with E-state index in [-0.39, 0.29) is 5.41 Å². The number of hydrogen-bond donors (Lipinski definition) is 0. The highest BCUT2D eigenvalue weighted by Gasteiger charge is 2.57. The molecule has 0 radical (unpaired) electrons. The molecule has 4 aliphatic carbocycles. The molecule has 1 aromatic rings. The summed E-state index contributed by atoms with van der Waals surface area (Å²) in [7, 11) is -3.27. The molecule has 3 fully saturated rings. The van der Waals surface area contributed by atoms with Crippen LogP contribution < -0.4 is 5.30 Å². The fourth-order valence-electron chi connectivity index (χ4n) is 8.37. The van der Waals surface area contributed by atoms with E-state index >= 15 is 0 Å². The van der Waals surface area contributed by atoms with Gasteiger partial charge in [0.2, 0.25) is 0 Å². The van der Waals surface area contributed by atoms with Crippen molar-refractivity contribution in [3.63, 3.8) is 0 Å². The van der Waals surface area contributed by atoms with Gasteiger partial charge in [0, 0.05) is 6.42 Å². The minimum absolute atomic E-state index is 0.103. The van der Waals surface area contributed by atoms with Crippen molar-refractivity contribution in [3.05, 3.63) is 41.5 Å². The van der Waals surface area contributed by atoms with Gasteiger partial charge in [0.15, 0.2) is 5.78 Å². The lowest BCUT2D eigenvalue weighted by Crippen LogP contribution is -2.51. The van der Waals surface area contributed by atoms with Gasteiger partial charge < -0.3 is 9.05 Å². The van der Waals surface area contributed by atoms with Crippen LogP contribution in [0.4, 0.5) is 0 Å². The predicted octanol–water partition coefficient (Wildman–Crippen LogP) is 7.02. The Morgan fingerprint density at radius 3 is 2.38 bits per heavy atom. The van der Waals surface area contributed by atoms with Crippen LogP contribution in [0, 0.1) is 28.6 Å². The van der Waals surface area contributed by atoms with Crippen LogP contribution in [0.5, 0.6) is 0 Å². The highest BCUT2D eigenvalue weighted by Crippen LogP contribution is 2.66. The number of ketones is 1. The molecule has 0 saturated heterocycles. The number of hydrogen-bond acceptors (Lipinski definition) is 4. The molecule has 5 atom stereocenters. The van der Waals surface area contributed by atoms with Crippen LogP contribution >= 0.6 is 7.60 Å². The van der Waals surface area contributed by atoms with E-state index in [1.807, 2.05) is 32.1 Å². The second-order valence-corrected chi connectivity index (χ2v) is 13.5. The zero-order chi connectivity index (χ0) is 24.0. The van der Waals surface area contributed by atoms with Crippen molar-refractivity contribution in [2.75, 3.05) is 13.2 Å². The zero-order valence-corrected chi connectivity index (χ0v) is 22.1. The first-order valence-electron chi connectivity index (χ1n) is 13.6. The maximum Gasteiger partial charge on any atom is 0.361 e. The van der Waals surface area contributed by atoms with Crippen molar-refractivity contribution in [2.45, 2.75) is 85.0 Å². The average molecular weight is 485 g/mol. The van der Waals surface area contributed by atoms with Crippen molar-refractivity contribution < 1.29 is 18.4 Å². The van der Waals surface area contributed by atoms with Crippen molar-refractivity contribution in [1.82, 2.24) is 0 Å². The van der Waals surface area contributed by atoms with Crippen molar-refractivity contribution in [2.24, 2.45) is 28.6 Å². The van der Waals surface area contributed by atoms with E-state index in [2.05, 4.69) is 19.1 Å². The lowest BCUT2D eigenvalue weighted by atomic mass is 9.46. The summed E-state index contributed by atoms with van der Waals surface area (Å²) in [5.41, 5.74) is 3.33. The molecule has 0 heterocycles. The molecule has 0 spiro atoms. The molecule has 4 nitrogen and oxygen atoms in total. The number of carbonyl (C=O) groups is 1. The summed E-state index contributed by atoms with van der Waals surface area (Å²) >= 11 is 0. The summed E-state index contributed by atoms with van der Waals surface area (Å²) in [5, 5.41) is 0.632. The SMILES string of the molecule is CCOP(=O)(OCC)c1ccc(C[C@]23CCC(=O)C=C2CC[C@@H]2[C@H]3CC[C@]3(C)CCC[C@@H]23)cc1. The Balaban J connectivity index is 1.46. The second-order valence-electron chi connectivity index (χ2n) is 11.5. The molecule has 0 bridgehead atoms. The van der Waals surface area contributed by atoms with Gasteiger partial charge in [0.25, 0.3) is 0 Å². The minimum Gasteiger partial charge on any atom is -0.305 e. The van der Waals surface area contributed by atoms with E-state index in [1.165, 1.54) is 49.7 Å². The molecule has 186 valence electrons. The van der Waals surface area contributed by atoms with Crippen LogP contribution in [-0.2, 0) is 24.8 Å². The van der Waals surface area contributed by atoms with Crippen LogP contribution in [0.25, 0.3) is 0 Å². The third-order valence-corrected chi connectivity index (χ3v) is 12.0. The predicted molar refractivity (Wildman–Crippen MR) is 136 cm³/mol. The summed E-state index contributed by atoms with van der Waals surface area (Å²) in [6.07, 6.45) is 13.8. The Labute approximate surface area is 205 Å². The molecule has 0 amide bonds. The number of fused-ring (bicyclic) bond motifs is 5. The monoisotopic (exact) mass is 484 g/mol. The summed E-state index contributed by atoms with van der Waals surface area (Å²) < 4.78 is 24.3. The topological polar surface area (TPSA) is 52.6 Å². The summed E-state index contributed by atoms with van der Waals surface area (Å²) in [6.45, 7) is 6.95. The maximum atomic E-state index is 13.2. The Bertz CT molecular complexity index is 988. The first kappa shape index (κ1) is 24.5. The van der Waals surface area contributed by atoms with Gasteiger partial charge >= 0.3 is 7.60 Å². The van der Waals surface area contributed by atoms with Gasteiger partial charge in [-0.25, -0.2) is 0 Å². The van der Waals surface area contributed by atoms with Crippen molar-refractivity contribution >= 4 is 18.7 Å². The van der Waals surface area contributed by atoms with Gasteiger partial charge in [-0.2, -0.15) is 0 Å². The van der Waals surface area contributed by atoms with Gasteiger partial charge in [0.1, 0.15) is 0 Å². The van der Waals surface area contributed by atoms with Gasteiger partial charge in [-0.05, 0) is 118 Å². The fourth-order valence-corrected chi connectivity index (χ4v) is 9.94. The van der Waals surface area contributed by atoms with Gasteiger partial charge in [0.05, 0.1) is 18.5 Å². The van der Waals surface area contributed by atoms with E-state index in [0.29, 0.717) is 42.1 Å². The number of allylic oxidation sites excluding steroid dienone is 1. The molecule has 3 saturated carbocycles. The van der Waals surface area contributed by atoms with Crippen LogP contribution in [0.1, 0.15) is 84.1 Å². The average Bonchev–Trinajstić information content (AvgIpc) is 3.22. The third-order valence-electron chi connectivity index (χ3n) is 9.84. The number of benzene rings is 1. The lowest BCUT2D eigenvalue weighted by molar-refractivity contribution is -0.117. The number of rotatable bonds is 7. The fraction of sp³-hybridized carbons (Fsp3) is 0.690. The number of carbonyl (C=O) groups excluding carboxylic acids is 1. The molecule has 0 aliphatic heterocycles. The highest BCUT2D eigenvalue weighted by molar-refractivity contribution is 7.62. The summed E-state index contributed by atoms with van der Waals surface area (Å²) in [5.74, 6) is 2.64. The first-order chi connectivity index (χ1) is 16.3. The Morgan fingerprint density at radius 2 is 1.68 bits per heavy atom. The molecule has 0 unspecified atom stereocenters. The van der Waals surface area contributed by atoms with Crippen LogP contribution in [0.3, 0.4) is 0 Å². The van der Waals surface area contributed by atoms with E-state index in [0.717, 1.165) is 31.1 Å². The van der Waals surface area contributed by atoms with E-state index in [4.69, 9.17) is 9.05 Å².